The van der Waals surface area contributed by atoms with Crippen LogP contribution in [0.4, 0.5) is 4.79 Å². The predicted molar refractivity (Wildman–Crippen MR) is 69.1 cm³/mol. The third-order valence-corrected chi connectivity index (χ3v) is 2.97. The van der Waals surface area contributed by atoms with Gasteiger partial charge in [0.1, 0.15) is 5.60 Å². The summed E-state index contributed by atoms with van der Waals surface area (Å²) in [7, 11) is 0. The fraction of sp³-hybridized carbons (Fsp3) is 0.917. The molecule has 0 aromatic heterocycles. The van der Waals surface area contributed by atoms with E-state index >= 15 is 0 Å². The van der Waals surface area contributed by atoms with E-state index in [1.165, 1.54) is 0 Å². The van der Waals surface area contributed by atoms with Crippen LogP contribution in [0.2, 0.25) is 0 Å². The summed E-state index contributed by atoms with van der Waals surface area (Å²) in [4.78, 5) is 14.4. The zero-order valence-electron chi connectivity index (χ0n) is 11.3. The van der Waals surface area contributed by atoms with Gasteiger partial charge in [0.25, 0.3) is 0 Å². The first-order chi connectivity index (χ1) is 8.40. The first kappa shape index (κ1) is 14.6. The van der Waals surface area contributed by atoms with Crippen LogP contribution in [0, 0.1) is 5.92 Å². The highest BCUT2D eigenvalue weighted by Crippen LogP contribution is 2.24. The molecular weight excluding hydrogens is 232 g/mol. The lowest BCUT2D eigenvalue weighted by Gasteiger charge is -2.29. The molecule has 1 fully saturated rings. The van der Waals surface area contributed by atoms with Gasteiger partial charge in [0.2, 0.25) is 0 Å². The van der Waals surface area contributed by atoms with E-state index in [2.05, 4.69) is 15.3 Å². The minimum Gasteiger partial charge on any atom is -0.444 e. The predicted octanol–water partition coefficient (Wildman–Crippen LogP) is 3.38. The van der Waals surface area contributed by atoms with Crippen LogP contribution < -0.4 is 5.32 Å². The molecule has 0 unspecified atom stereocenters. The minimum absolute atomic E-state index is 0.183. The molecule has 0 aliphatic heterocycles. The zero-order valence-corrected chi connectivity index (χ0v) is 11.3. The summed E-state index contributed by atoms with van der Waals surface area (Å²) in [5, 5.41) is 6.49. The van der Waals surface area contributed by atoms with Crippen LogP contribution in [-0.2, 0) is 4.74 Å². The molecule has 102 valence electrons. The topological polar surface area (TPSA) is 87.1 Å². The molecule has 0 atom stereocenters. The molecule has 0 heterocycles. The first-order valence-electron chi connectivity index (χ1n) is 6.41. The van der Waals surface area contributed by atoms with Crippen LogP contribution >= 0.6 is 0 Å². The van der Waals surface area contributed by atoms with Crippen molar-refractivity contribution in [3.63, 3.8) is 0 Å². The van der Waals surface area contributed by atoms with E-state index in [9.17, 15) is 4.79 Å². The second kappa shape index (κ2) is 6.50. The summed E-state index contributed by atoms with van der Waals surface area (Å²) in [5.74, 6) is 0.456. The quantitative estimate of drug-likeness (QED) is 0.475. The maximum atomic E-state index is 11.6. The van der Waals surface area contributed by atoms with Crippen molar-refractivity contribution in [3.8, 4) is 0 Å². The Morgan fingerprint density at radius 1 is 1.39 bits per heavy atom. The van der Waals surface area contributed by atoms with E-state index in [-0.39, 0.29) is 12.1 Å². The number of hydrogen-bond donors (Lipinski definition) is 1. The van der Waals surface area contributed by atoms with Crippen LogP contribution in [0.25, 0.3) is 10.4 Å². The van der Waals surface area contributed by atoms with Crippen LogP contribution in [-0.4, -0.2) is 24.3 Å². The largest absolute Gasteiger partial charge is 0.444 e. The van der Waals surface area contributed by atoms with Crippen molar-refractivity contribution in [1.29, 1.82) is 0 Å². The molecule has 0 aromatic rings. The Kier molecular flexibility index (Phi) is 5.28. The van der Waals surface area contributed by atoms with Gasteiger partial charge in [0.15, 0.2) is 0 Å². The van der Waals surface area contributed by atoms with Gasteiger partial charge in [-0.15, -0.1) is 0 Å². The minimum atomic E-state index is -0.456. The van der Waals surface area contributed by atoms with E-state index in [1.807, 2.05) is 20.8 Å². The number of alkyl carbamates (subject to hydrolysis) is 1. The maximum Gasteiger partial charge on any atom is 0.407 e. The van der Waals surface area contributed by atoms with Crippen molar-refractivity contribution in [2.75, 3.05) is 6.54 Å². The van der Waals surface area contributed by atoms with E-state index in [0.29, 0.717) is 12.5 Å². The summed E-state index contributed by atoms with van der Waals surface area (Å²) < 4.78 is 5.22. The lowest BCUT2D eigenvalue weighted by Crippen LogP contribution is -2.41. The number of hydrogen-bond acceptors (Lipinski definition) is 3. The molecular formula is C12H22N4O2. The fourth-order valence-corrected chi connectivity index (χ4v) is 2.12. The van der Waals surface area contributed by atoms with E-state index < -0.39 is 5.60 Å². The molecule has 6 nitrogen and oxygen atoms in total. The summed E-state index contributed by atoms with van der Waals surface area (Å²) in [6.45, 7) is 6.12. The van der Waals surface area contributed by atoms with Crippen molar-refractivity contribution in [2.24, 2.45) is 11.0 Å². The number of azide groups is 1. The standard InChI is InChI=1S/C12H22N4O2/c1-12(2,3)18-11(17)15-10-6-4-9(5-7-10)8-14-16-13/h9-10H,4-8H2,1-3H3,(H,15,17)/t9-,10+. The lowest BCUT2D eigenvalue weighted by molar-refractivity contribution is 0.0488. The van der Waals surface area contributed by atoms with E-state index in [4.69, 9.17) is 10.3 Å². The molecule has 1 rings (SSSR count). The van der Waals surface area contributed by atoms with Gasteiger partial charge in [-0.25, -0.2) is 4.79 Å². The van der Waals surface area contributed by atoms with Crippen LogP contribution in [0.3, 0.4) is 0 Å². The second-order valence-corrected chi connectivity index (χ2v) is 5.78. The molecule has 0 aromatic carbocycles. The molecule has 0 saturated heterocycles. The van der Waals surface area contributed by atoms with Gasteiger partial charge in [0.05, 0.1) is 0 Å². The van der Waals surface area contributed by atoms with E-state index in [1.54, 1.807) is 0 Å². The molecule has 1 aliphatic carbocycles. The lowest BCUT2D eigenvalue weighted by atomic mass is 9.86. The summed E-state index contributed by atoms with van der Waals surface area (Å²) >= 11 is 0. The Morgan fingerprint density at radius 2 is 2.00 bits per heavy atom. The van der Waals surface area contributed by atoms with Gasteiger partial charge in [0, 0.05) is 17.5 Å². The zero-order chi connectivity index (χ0) is 13.6. The second-order valence-electron chi connectivity index (χ2n) is 5.78. The van der Waals surface area contributed by atoms with Gasteiger partial charge in [-0.3, -0.25) is 0 Å². The van der Waals surface area contributed by atoms with Gasteiger partial charge in [-0.2, -0.15) is 0 Å². The van der Waals surface area contributed by atoms with Crippen LogP contribution in [0.15, 0.2) is 5.11 Å². The third-order valence-electron chi connectivity index (χ3n) is 2.97. The maximum absolute atomic E-state index is 11.6. The molecule has 0 bridgehead atoms. The van der Waals surface area contributed by atoms with Gasteiger partial charge in [-0.05, 0) is 57.9 Å². The smallest absolute Gasteiger partial charge is 0.407 e. The Bertz CT molecular complexity index is 323. The number of nitrogens with zero attached hydrogens (tertiary/aromatic N) is 3. The molecule has 0 spiro atoms. The normalized spacial score (nSPS) is 23.9. The molecule has 1 amide bonds. The van der Waals surface area contributed by atoms with Crippen molar-refractivity contribution in [3.05, 3.63) is 10.4 Å². The highest BCUT2D eigenvalue weighted by atomic mass is 16.6. The Hall–Kier alpha value is -1.42. The third kappa shape index (κ3) is 5.77. The van der Waals surface area contributed by atoms with Crippen molar-refractivity contribution >= 4 is 6.09 Å². The summed E-state index contributed by atoms with van der Waals surface area (Å²) in [6.07, 6.45) is 3.47. The molecule has 18 heavy (non-hydrogen) atoms. The van der Waals surface area contributed by atoms with Crippen molar-refractivity contribution in [1.82, 2.24) is 5.32 Å². The number of nitrogens with one attached hydrogen (secondary N) is 1. The Balaban J connectivity index is 2.27. The first-order valence-corrected chi connectivity index (χ1v) is 6.41. The molecule has 1 N–H and O–H groups in total. The molecule has 1 saturated carbocycles. The van der Waals surface area contributed by atoms with Crippen LogP contribution in [0.5, 0.6) is 0 Å². The SMILES string of the molecule is CC(C)(C)OC(=O)N[C@H]1CC[C@@H](CN=[N+]=[N-])CC1. The average Bonchev–Trinajstić information content (AvgIpc) is 2.25. The highest BCUT2D eigenvalue weighted by molar-refractivity contribution is 5.68. The van der Waals surface area contributed by atoms with Gasteiger partial charge < -0.3 is 10.1 Å². The number of amides is 1. The van der Waals surface area contributed by atoms with Gasteiger partial charge >= 0.3 is 6.09 Å². The fourth-order valence-electron chi connectivity index (χ4n) is 2.12. The number of rotatable bonds is 3. The van der Waals surface area contributed by atoms with Crippen LogP contribution in [0.1, 0.15) is 46.5 Å². The molecule has 6 heteroatoms. The Labute approximate surface area is 108 Å². The van der Waals surface area contributed by atoms with Crippen molar-refractivity contribution < 1.29 is 9.53 Å². The number of carbonyl (C=O) groups is 1. The average molecular weight is 254 g/mol. The van der Waals surface area contributed by atoms with E-state index in [0.717, 1.165) is 25.7 Å². The molecule has 0 radical (unpaired) electrons. The monoisotopic (exact) mass is 254 g/mol. The molecule has 1 aliphatic rings. The van der Waals surface area contributed by atoms with Crippen molar-refractivity contribution in [2.45, 2.75) is 58.1 Å². The summed E-state index contributed by atoms with van der Waals surface area (Å²) in [5.41, 5.74) is 7.81. The highest BCUT2D eigenvalue weighted by Gasteiger charge is 2.24. The Morgan fingerprint density at radius 3 is 2.50 bits per heavy atom. The van der Waals surface area contributed by atoms with Gasteiger partial charge in [-0.1, -0.05) is 5.11 Å². The number of carbonyl (C=O) groups excluding carboxylic acids is 1. The summed E-state index contributed by atoms with van der Waals surface area (Å²) in [6, 6.07) is 0.183. The number of ether oxygens (including phenoxy) is 1.